The van der Waals surface area contributed by atoms with Crippen molar-refractivity contribution >= 4 is 23.1 Å². The molecular weight excluding hydrogens is 366 g/mol. The molecule has 0 saturated carbocycles. The van der Waals surface area contributed by atoms with E-state index < -0.39 is 0 Å². The number of hydrogen-bond acceptors (Lipinski definition) is 5. The van der Waals surface area contributed by atoms with E-state index in [1.807, 2.05) is 53.9 Å². The van der Waals surface area contributed by atoms with Gasteiger partial charge in [0.1, 0.15) is 22.9 Å². The van der Waals surface area contributed by atoms with E-state index in [9.17, 15) is 9.90 Å². The molecule has 0 aliphatic rings. The van der Waals surface area contributed by atoms with Gasteiger partial charge in [0.05, 0.1) is 12.2 Å². The monoisotopic (exact) mass is 387 g/mol. The molecule has 2 N–H and O–H groups in total. The fraction of sp³-hybridized carbons (Fsp3) is 0.130. The standard InChI is InChI=1S/C23H21N3O3/c1-3-29-23(28)17-6-10-18(11-7-17)24-22-20(16-8-12-19(27)13-9-16)25-21-15(2)5-4-14-26(21)22/h4-14,24,27H,3H2,1-2H3. The van der Waals surface area contributed by atoms with E-state index in [0.717, 1.165) is 34.0 Å². The normalized spacial score (nSPS) is 10.8. The summed E-state index contributed by atoms with van der Waals surface area (Å²) in [5.74, 6) is 0.672. The van der Waals surface area contributed by atoms with E-state index in [2.05, 4.69) is 5.32 Å². The van der Waals surface area contributed by atoms with E-state index in [-0.39, 0.29) is 11.7 Å². The molecule has 6 heteroatoms. The number of fused-ring (bicyclic) bond motifs is 1. The number of ether oxygens (including phenoxy) is 1. The number of benzene rings is 2. The first-order valence-electron chi connectivity index (χ1n) is 9.38. The summed E-state index contributed by atoms with van der Waals surface area (Å²) in [5, 5.41) is 13.0. The summed E-state index contributed by atoms with van der Waals surface area (Å²) in [6, 6.07) is 18.1. The zero-order chi connectivity index (χ0) is 20.4. The lowest BCUT2D eigenvalue weighted by atomic mass is 10.1. The number of pyridine rings is 1. The van der Waals surface area contributed by atoms with Crippen molar-refractivity contribution in [1.29, 1.82) is 0 Å². The average Bonchev–Trinajstić information content (AvgIpc) is 3.09. The number of aromatic hydroxyl groups is 1. The van der Waals surface area contributed by atoms with E-state index in [1.54, 1.807) is 31.2 Å². The van der Waals surface area contributed by atoms with Crippen molar-refractivity contribution in [3.8, 4) is 17.0 Å². The number of hydrogen-bond donors (Lipinski definition) is 2. The van der Waals surface area contributed by atoms with Gasteiger partial charge in [-0.3, -0.25) is 4.40 Å². The molecule has 2 heterocycles. The zero-order valence-electron chi connectivity index (χ0n) is 16.2. The molecule has 146 valence electrons. The summed E-state index contributed by atoms with van der Waals surface area (Å²) in [4.78, 5) is 16.7. The van der Waals surface area contributed by atoms with Crippen LogP contribution in [-0.2, 0) is 4.74 Å². The Kier molecular flexibility index (Phi) is 4.91. The van der Waals surface area contributed by atoms with Gasteiger partial charge in [0.2, 0.25) is 0 Å². The summed E-state index contributed by atoms with van der Waals surface area (Å²) in [5.41, 5.74) is 4.89. The van der Waals surface area contributed by atoms with Crippen molar-refractivity contribution < 1.29 is 14.6 Å². The summed E-state index contributed by atoms with van der Waals surface area (Å²) in [6.07, 6.45) is 1.95. The second-order valence-electron chi connectivity index (χ2n) is 6.66. The molecule has 0 amide bonds. The Morgan fingerprint density at radius 1 is 1.10 bits per heavy atom. The van der Waals surface area contributed by atoms with Crippen molar-refractivity contribution in [2.45, 2.75) is 13.8 Å². The van der Waals surface area contributed by atoms with Crippen LogP contribution in [0.3, 0.4) is 0 Å². The lowest BCUT2D eigenvalue weighted by Crippen LogP contribution is -2.04. The second-order valence-corrected chi connectivity index (χ2v) is 6.66. The van der Waals surface area contributed by atoms with Gasteiger partial charge >= 0.3 is 5.97 Å². The number of anilines is 2. The average molecular weight is 387 g/mol. The molecule has 0 unspecified atom stereocenters. The predicted molar refractivity (Wildman–Crippen MR) is 113 cm³/mol. The molecule has 0 spiro atoms. The molecule has 0 aliphatic carbocycles. The minimum Gasteiger partial charge on any atom is -0.508 e. The van der Waals surface area contributed by atoms with Crippen molar-refractivity contribution in [1.82, 2.24) is 9.38 Å². The van der Waals surface area contributed by atoms with Gasteiger partial charge in [-0.1, -0.05) is 6.07 Å². The van der Waals surface area contributed by atoms with Crippen molar-refractivity contribution in [2.75, 3.05) is 11.9 Å². The topological polar surface area (TPSA) is 75.9 Å². The molecule has 4 aromatic rings. The molecule has 4 rings (SSSR count). The quantitative estimate of drug-likeness (QED) is 0.475. The molecule has 0 saturated heterocycles. The number of nitrogens with one attached hydrogen (secondary N) is 1. The van der Waals surface area contributed by atoms with Crippen LogP contribution in [0.4, 0.5) is 11.5 Å². The molecule has 0 radical (unpaired) electrons. The fourth-order valence-electron chi connectivity index (χ4n) is 3.18. The van der Waals surface area contributed by atoms with Gasteiger partial charge < -0.3 is 15.2 Å². The Balaban J connectivity index is 1.76. The van der Waals surface area contributed by atoms with E-state index >= 15 is 0 Å². The predicted octanol–water partition coefficient (Wildman–Crippen LogP) is 4.94. The lowest BCUT2D eigenvalue weighted by molar-refractivity contribution is 0.0526. The second kappa shape index (κ2) is 7.67. The van der Waals surface area contributed by atoms with Crippen LogP contribution in [0, 0.1) is 6.92 Å². The third-order valence-corrected chi connectivity index (χ3v) is 4.64. The Hall–Kier alpha value is -3.80. The number of nitrogens with zero attached hydrogens (tertiary/aromatic N) is 2. The van der Waals surface area contributed by atoms with Crippen LogP contribution in [0.25, 0.3) is 16.9 Å². The highest BCUT2D eigenvalue weighted by Crippen LogP contribution is 2.32. The summed E-state index contributed by atoms with van der Waals surface area (Å²) in [7, 11) is 0. The summed E-state index contributed by atoms with van der Waals surface area (Å²) >= 11 is 0. The third-order valence-electron chi connectivity index (χ3n) is 4.64. The molecular formula is C23H21N3O3. The van der Waals surface area contributed by atoms with Crippen molar-refractivity contribution in [3.63, 3.8) is 0 Å². The molecule has 0 fully saturated rings. The SMILES string of the molecule is CCOC(=O)c1ccc(Nc2c(-c3ccc(O)cc3)nc3c(C)cccn23)cc1. The number of aryl methyl sites for hydroxylation is 1. The van der Waals surface area contributed by atoms with Crippen LogP contribution < -0.4 is 5.32 Å². The number of phenols is 1. The van der Waals surface area contributed by atoms with E-state index in [1.165, 1.54) is 0 Å². The van der Waals surface area contributed by atoms with Crippen LogP contribution in [0.15, 0.2) is 66.9 Å². The summed E-state index contributed by atoms with van der Waals surface area (Å²) in [6.45, 7) is 4.14. The maximum Gasteiger partial charge on any atom is 0.338 e. The highest BCUT2D eigenvalue weighted by Gasteiger charge is 2.16. The van der Waals surface area contributed by atoms with Crippen LogP contribution >= 0.6 is 0 Å². The highest BCUT2D eigenvalue weighted by atomic mass is 16.5. The number of carbonyl (C=O) groups excluding carboxylic acids is 1. The van der Waals surface area contributed by atoms with Crippen LogP contribution in [-0.4, -0.2) is 27.1 Å². The Bertz CT molecular complexity index is 1160. The molecule has 0 bridgehead atoms. The number of aromatic nitrogens is 2. The highest BCUT2D eigenvalue weighted by molar-refractivity contribution is 5.90. The van der Waals surface area contributed by atoms with Crippen LogP contribution in [0.5, 0.6) is 5.75 Å². The Morgan fingerprint density at radius 2 is 1.83 bits per heavy atom. The van der Waals surface area contributed by atoms with E-state index in [4.69, 9.17) is 9.72 Å². The molecule has 29 heavy (non-hydrogen) atoms. The number of esters is 1. The fourth-order valence-corrected chi connectivity index (χ4v) is 3.18. The Labute approximate surface area is 168 Å². The number of phenolic OH excluding ortho intramolecular Hbond substituents is 1. The molecule has 0 aliphatic heterocycles. The van der Waals surface area contributed by atoms with Gasteiger partial charge in [-0.25, -0.2) is 9.78 Å². The Morgan fingerprint density at radius 3 is 2.52 bits per heavy atom. The molecule has 0 atom stereocenters. The molecule has 2 aromatic carbocycles. The van der Waals surface area contributed by atoms with Gasteiger partial charge in [0, 0.05) is 17.4 Å². The van der Waals surface area contributed by atoms with Gasteiger partial charge in [-0.2, -0.15) is 0 Å². The maximum absolute atomic E-state index is 11.9. The lowest BCUT2D eigenvalue weighted by Gasteiger charge is -2.10. The zero-order valence-corrected chi connectivity index (χ0v) is 16.2. The van der Waals surface area contributed by atoms with Crippen molar-refractivity contribution in [3.05, 3.63) is 78.0 Å². The number of rotatable bonds is 5. The van der Waals surface area contributed by atoms with Gasteiger partial charge in [0.25, 0.3) is 0 Å². The van der Waals surface area contributed by atoms with Gasteiger partial charge in [-0.05, 0) is 74.0 Å². The van der Waals surface area contributed by atoms with Crippen LogP contribution in [0.1, 0.15) is 22.8 Å². The van der Waals surface area contributed by atoms with Crippen LogP contribution in [0.2, 0.25) is 0 Å². The smallest absolute Gasteiger partial charge is 0.338 e. The van der Waals surface area contributed by atoms with E-state index in [0.29, 0.717) is 12.2 Å². The largest absolute Gasteiger partial charge is 0.508 e. The first-order chi connectivity index (χ1) is 14.1. The maximum atomic E-state index is 11.9. The van der Waals surface area contributed by atoms with Gasteiger partial charge in [0.15, 0.2) is 0 Å². The number of imidazole rings is 1. The minimum absolute atomic E-state index is 0.206. The number of carbonyl (C=O) groups is 1. The minimum atomic E-state index is -0.339. The summed E-state index contributed by atoms with van der Waals surface area (Å²) < 4.78 is 7.03. The van der Waals surface area contributed by atoms with Crippen molar-refractivity contribution in [2.24, 2.45) is 0 Å². The van der Waals surface area contributed by atoms with Gasteiger partial charge in [-0.15, -0.1) is 0 Å². The molecule has 2 aromatic heterocycles. The first kappa shape index (κ1) is 18.6. The third kappa shape index (κ3) is 3.65. The first-order valence-corrected chi connectivity index (χ1v) is 9.38. The molecule has 6 nitrogen and oxygen atoms in total.